The van der Waals surface area contributed by atoms with E-state index in [1.807, 2.05) is 11.4 Å². The van der Waals surface area contributed by atoms with Crippen LogP contribution in [-0.2, 0) is 6.54 Å². The number of hydrogen-bond acceptors (Lipinski definition) is 6. The normalized spacial score (nSPS) is 16.1. The highest BCUT2D eigenvalue weighted by molar-refractivity contribution is 7.09. The van der Waals surface area contributed by atoms with Gasteiger partial charge in [0.25, 0.3) is 5.91 Å². The molecule has 1 aliphatic heterocycles. The van der Waals surface area contributed by atoms with Crippen molar-refractivity contribution in [3.8, 4) is 0 Å². The maximum absolute atomic E-state index is 12.8. The molecule has 3 rings (SSSR count). The molecule has 1 fully saturated rings. The average Bonchev–Trinajstić information content (AvgIpc) is 3.10. The number of aryl methyl sites for hydroxylation is 1. The molecule has 0 radical (unpaired) electrons. The zero-order valence-corrected chi connectivity index (χ0v) is 19.6. The van der Waals surface area contributed by atoms with Gasteiger partial charge in [0.15, 0.2) is 0 Å². The number of halogens is 2. The van der Waals surface area contributed by atoms with Gasteiger partial charge in [0.05, 0.1) is 17.2 Å². The number of carbonyl (C=O) groups is 1. The van der Waals surface area contributed by atoms with E-state index in [0.29, 0.717) is 23.8 Å². The van der Waals surface area contributed by atoms with E-state index in [4.69, 9.17) is 4.42 Å². The first kappa shape index (κ1) is 25.6. The summed E-state index contributed by atoms with van der Waals surface area (Å²) in [5.41, 5.74) is 1.08. The van der Waals surface area contributed by atoms with Crippen LogP contribution in [0.2, 0.25) is 0 Å². The molecule has 1 saturated heterocycles. The van der Waals surface area contributed by atoms with E-state index >= 15 is 0 Å². The van der Waals surface area contributed by atoms with Gasteiger partial charge < -0.3 is 14.6 Å². The fraction of sp³-hybridized carbons (Fsp3) is 0.550. The summed E-state index contributed by atoms with van der Waals surface area (Å²) >= 11 is 1.60. The maximum Gasteiger partial charge on any atom is 0.349 e. The van der Waals surface area contributed by atoms with E-state index in [9.17, 15) is 9.59 Å². The SMILES string of the molecule is Cc1cc(C2CCCNC2)oc(=O)c1C(=O)N(C)Cc1csc(C(C)C)n1.Cl.Cl. The zero-order valence-electron chi connectivity index (χ0n) is 17.2. The van der Waals surface area contributed by atoms with Crippen LogP contribution in [0, 0.1) is 6.92 Å². The van der Waals surface area contributed by atoms with Gasteiger partial charge in [-0.15, -0.1) is 36.2 Å². The Labute approximate surface area is 187 Å². The van der Waals surface area contributed by atoms with Crippen molar-refractivity contribution in [2.24, 2.45) is 0 Å². The number of nitrogens with one attached hydrogen (secondary N) is 1. The van der Waals surface area contributed by atoms with Gasteiger partial charge in [-0.25, -0.2) is 9.78 Å². The van der Waals surface area contributed by atoms with Crippen LogP contribution in [-0.4, -0.2) is 35.9 Å². The van der Waals surface area contributed by atoms with Gasteiger partial charge >= 0.3 is 5.63 Å². The quantitative estimate of drug-likeness (QED) is 0.724. The number of hydrogen-bond donors (Lipinski definition) is 1. The molecule has 0 aliphatic carbocycles. The van der Waals surface area contributed by atoms with Crippen LogP contribution in [0.15, 0.2) is 20.7 Å². The van der Waals surface area contributed by atoms with Crippen LogP contribution in [0.1, 0.15) is 70.9 Å². The van der Waals surface area contributed by atoms with E-state index in [1.165, 1.54) is 4.90 Å². The Morgan fingerprint density at radius 1 is 1.41 bits per heavy atom. The molecular weight excluding hydrogens is 433 g/mol. The summed E-state index contributed by atoms with van der Waals surface area (Å²) in [4.78, 5) is 31.5. The van der Waals surface area contributed by atoms with Crippen LogP contribution in [0.25, 0.3) is 0 Å². The molecule has 0 spiro atoms. The largest absolute Gasteiger partial charge is 0.427 e. The number of carbonyl (C=O) groups excluding carboxylic acids is 1. The summed E-state index contributed by atoms with van der Waals surface area (Å²) in [6.45, 7) is 8.16. The first-order chi connectivity index (χ1) is 12.9. The number of amides is 1. The van der Waals surface area contributed by atoms with Crippen molar-refractivity contribution in [3.63, 3.8) is 0 Å². The van der Waals surface area contributed by atoms with Gasteiger partial charge in [0, 0.05) is 30.8 Å². The standard InChI is InChI=1S/C20H27N3O3S.2ClH/c1-12(2)18-22-15(11-27-18)10-23(4)19(24)17-13(3)8-16(26-20(17)25)14-6-5-7-21-9-14;;/h8,11-12,14,21H,5-7,9-10H2,1-4H3;2*1H. The maximum atomic E-state index is 12.8. The molecule has 1 unspecified atom stereocenters. The number of thiazole rings is 1. The predicted molar refractivity (Wildman–Crippen MR) is 121 cm³/mol. The fourth-order valence-electron chi connectivity index (χ4n) is 3.35. The van der Waals surface area contributed by atoms with Crippen molar-refractivity contribution in [1.82, 2.24) is 15.2 Å². The molecule has 6 nitrogen and oxygen atoms in total. The lowest BCUT2D eigenvalue weighted by Gasteiger charge is -2.22. The number of nitrogens with zero attached hydrogens (tertiary/aromatic N) is 2. The van der Waals surface area contributed by atoms with Crippen LogP contribution in [0.4, 0.5) is 0 Å². The molecule has 3 heterocycles. The highest BCUT2D eigenvalue weighted by atomic mass is 35.5. The molecule has 2 aromatic rings. The number of aromatic nitrogens is 1. The van der Waals surface area contributed by atoms with E-state index in [1.54, 1.807) is 25.3 Å². The smallest absolute Gasteiger partial charge is 0.349 e. The monoisotopic (exact) mass is 461 g/mol. The van der Waals surface area contributed by atoms with E-state index < -0.39 is 5.63 Å². The van der Waals surface area contributed by atoms with Crippen molar-refractivity contribution in [3.05, 3.63) is 49.5 Å². The first-order valence-corrected chi connectivity index (χ1v) is 10.3. The van der Waals surface area contributed by atoms with E-state index in [0.717, 1.165) is 36.6 Å². The van der Waals surface area contributed by atoms with Crippen molar-refractivity contribution < 1.29 is 9.21 Å². The Kier molecular flexibility index (Phi) is 9.82. The first-order valence-electron chi connectivity index (χ1n) is 9.42. The van der Waals surface area contributed by atoms with E-state index in [2.05, 4.69) is 24.1 Å². The topological polar surface area (TPSA) is 75.4 Å². The Bertz CT molecular complexity index is 876. The molecule has 0 aromatic carbocycles. The molecule has 0 bridgehead atoms. The summed E-state index contributed by atoms with van der Waals surface area (Å²) in [5, 5.41) is 6.34. The molecule has 1 aliphatic rings. The molecule has 9 heteroatoms. The number of rotatable bonds is 5. The molecular formula is C20H29Cl2N3O3S. The minimum Gasteiger partial charge on any atom is -0.427 e. The van der Waals surface area contributed by atoms with Gasteiger partial charge in [0.2, 0.25) is 0 Å². The third kappa shape index (κ3) is 6.04. The highest BCUT2D eigenvalue weighted by Gasteiger charge is 2.24. The Morgan fingerprint density at radius 3 is 2.69 bits per heavy atom. The lowest BCUT2D eigenvalue weighted by molar-refractivity contribution is 0.0777. The highest BCUT2D eigenvalue weighted by Crippen LogP contribution is 2.24. The van der Waals surface area contributed by atoms with Crippen LogP contribution >= 0.6 is 36.2 Å². The van der Waals surface area contributed by atoms with Crippen molar-refractivity contribution in [2.45, 2.75) is 52.0 Å². The summed E-state index contributed by atoms with van der Waals surface area (Å²) in [5.74, 6) is 0.899. The third-order valence-corrected chi connectivity index (χ3v) is 6.08. The summed E-state index contributed by atoms with van der Waals surface area (Å²) in [7, 11) is 1.69. The van der Waals surface area contributed by atoms with Crippen LogP contribution in [0.3, 0.4) is 0 Å². The van der Waals surface area contributed by atoms with Crippen LogP contribution in [0.5, 0.6) is 0 Å². The molecule has 1 N–H and O–H groups in total. The second-order valence-corrected chi connectivity index (χ2v) is 8.42. The van der Waals surface area contributed by atoms with Gasteiger partial charge in [-0.1, -0.05) is 13.8 Å². The van der Waals surface area contributed by atoms with Crippen molar-refractivity contribution >= 4 is 42.1 Å². The van der Waals surface area contributed by atoms with Crippen molar-refractivity contribution in [2.75, 3.05) is 20.1 Å². The van der Waals surface area contributed by atoms with Gasteiger partial charge in [0.1, 0.15) is 11.3 Å². The average molecular weight is 462 g/mol. The Balaban J connectivity index is 0.00000210. The van der Waals surface area contributed by atoms with Gasteiger partial charge in [-0.05, 0) is 37.9 Å². The fourth-order valence-corrected chi connectivity index (χ4v) is 4.18. The molecule has 2 aromatic heterocycles. The second-order valence-electron chi connectivity index (χ2n) is 7.53. The summed E-state index contributed by atoms with van der Waals surface area (Å²) in [6, 6.07) is 1.85. The lowest BCUT2D eigenvalue weighted by atomic mass is 9.95. The lowest BCUT2D eigenvalue weighted by Crippen LogP contribution is -2.33. The van der Waals surface area contributed by atoms with Gasteiger partial charge in [-0.3, -0.25) is 4.79 Å². The molecule has 162 valence electrons. The van der Waals surface area contributed by atoms with Crippen LogP contribution < -0.4 is 10.9 Å². The third-order valence-electron chi connectivity index (χ3n) is 4.89. The minimum atomic E-state index is -0.548. The molecule has 1 atom stereocenters. The Morgan fingerprint density at radius 2 is 2.14 bits per heavy atom. The van der Waals surface area contributed by atoms with Gasteiger partial charge in [-0.2, -0.15) is 0 Å². The van der Waals surface area contributed by atoms with E-state index in [-0.39, 0.29) is 42.2 Å². The van der Waals surface area contributed by atoms with Crippen molar-refractivity contribution in [1.29, 1.82) is 0 Å². The summed E-state index contributed by atoms with van der Waals surface area (Å²) < 4.78 is 5.53. The minimum absolute atomic E-state index is 0. The molecule has 0 saturated carbocycles. The molecule has 29 heavy (non-hydrogen) atoms. The second kappa shape index (κ2) is 11.1. The zero-order chi connectivity index (χ0) is 19.6. The summed E-state index contributed by atoms with van der Waals surface area (Å²) in [6.07, 6.45) is 2.05. The molecule has 1 amide bonds. The Hall–Kier alpha value is -1.41. The predicted octanol–water partition coefficient (Wildman–Crippen LogP) is 4.11. The number of piperidine rings is 1.